The molecule has 2 aromatic rings. The summed E-state index contributed by atoms with van der Waals surface area (Å²) < 4.78 is 0. The number of carbonyl (C=O) groups excluding carboxylic acids is 2. The number of Topliss-reactive ketones (excluding diaryl/α,β-unsaturated/α-hetero) is 1. The van der Waals surface area contributed by atoms with E-state index in [0.29, 0.717) is 5.56 Å². The fraction of sp³-hybridized carbons (Fsp3) is 0.105. The zero-order valence-electron chi connectivity index (χ0n) is 12.7. The molecule has 0 spiro atoms. The summed E-state index contributed by atoms with van der Waals surface area (Å²) in [5, 5.41) is 12.1. The second-order valence-corrected chi connectivity index (χ2v) is 5.52. The van der Waals surface area contributed by atoms with Crippen LogP contribution in [0.2, 0.25) is 0 Å². The maximum absolute atomic E-state index is 12.5. The minimum atomic E-state index is -1.08. The Morgan fingerprint density at radius 2 is 1.58 bits per heavy atom. The zero-order valence-corrected chi connectivity index (χ0v) is 12.7. The smallest absolute Gasteiger partial charge is 0.326 e. The first kappa shape index (κ1) is 15.7. The van der Waals surface area contributed by atoms with Crippen molar-refractivity contribution in [3.8, 4) is 0 Å². The summed E-state index contributed by atoms with van der Waals surface area (Å²) in [4.78, 5) is 36.2. The molecule has 5 heteroatoms. The molecular formula is C19H15NO4. The Morgan fingerprint density at radius 1 is 0.958 bits per heavy atom. The van der Waals surface area contributed by atoms with E-state index in [2.05, 4.69) is 5.32 Å². The quantitative estimate of drug-likeness (QED) is 0.882. The van der Waals surface area contributed by atoms with Gasteiger partial charge < -0.3 is 10.4 Å². The lowest BCUT2D eigenvalue weighted by atomic mass is 9.92. The number of hydrogen-bond acceptors (Lipinski definition) is 4. The van der Waals surface area contributed by atoms with E-state index in [0.717, 1.165) is 5.56 Å². The summed E-state index contributed by atoms with van der Waals surface area (Å²) in [6.07, 6.45) is 1.38. The van der Waals surface area contributed by atoms with Gasteiger partial charge in [0.2, 0.25) is 5.78 Å². The number of nitrogens with one attached hydrogen (secondary N) is 1. The number of carboxylic acid groups (broad SMARTS) is 1. The van der Waals surface area contributed by atoms with Crippen molar-refractivity contribution < 1.29 is 19.5 Å². The average Bonchev–Trinajstić information content (AvgIpc) is 2.59. The first-order chi connectivity index (χ1) is 11.6. The number of hydrogen-bond donors (Lipinski definition) is 2. The molecule has 0 bridgehead atoms. The largest absolute Gasteiger partial charge is 0.480 e. The molecule has 120 valence electrons. The summed E-state index contributed by atoms with van der Waals surface area (Å²) in [5.41, 5.74) is 1.47. The van der Waals surface area contributed by atoms with Gasteiger partial charge in [-0.05, 0) is 5.56 Å². The molecule has 0 amide bonds. The van der Waals surface area contributed by atoms with Crippen LogP contribution in [0.3, 0.4) is 0 Å². The highest BCUT2D eigenvalue weighted by molar-refractivity contribution is 6.24. The summed E-state index contributed by atoms with van der Waals surface area (Å²) in [7, 11) is 0. The highest BCUT2D eigenvalue weighted by Gasteiger charge is 2.28. The molecule has 1 atom stereocenters. The maximum atomic E-state index is 12.5. The Morgan fingerprint density at radius 3 is 2.25 bits per heavy atom. The Hall–Kier alpha value is -3.21. The summed E-state index contributed by atoms with van der Waals surface area (Å²) in [6.45, 7) is 0. The molecule has 1 aliphatic rings. The predicted octanol–water partition coefficient (Wildman–Crippen LogP) is 2.24. The Bertz CT molecular complexity index is 839. The third-order valence-electron chi connectivity index (χ3n) is 3.87. The molecule has 1 aliphatic carbocycles. The monoisotopic (exact) mass is 321 g/mol. The molecular weight excluding hydrogens is 306 g/mol. The Labute approximate surface area is 138 Å². The topological polar surface area (TPSA) is 83.5 Å². The molecule has 0 saturated carbocycles. The van der Waals surface area contributed by atoms with E-state index < -0.39 is 12.0 Å². The predicted molar refractivity (Wildman–Crippen MR) is 87.9 cm³/mol. The normalized spacial score (nSPS) is 14.6. The lowest BCUT2D eigenvalue weighted by molar-refractivity contribution is -0.139. The van der Waals surface area contributed by atoms with Crippen LogP contribution in [0.4, 0.5) is 0 Å². The molecule has 0 saturated heterocycles. The zero-order chi connectivity index (χ0) is 17.1. The van der Waals surface area contributed by atoms with Gasteiger partial charge in [0.15, 0.2) is 5.78 Å². The Balaban J connectivity index is 1.84. The van der Waals surface area contributed by atoms with Crippen LogP contribution in [-0.2, 0) is 11.2 Å². The van der Waals surface area contributed by atoms with Crippen LogP contribution in [0, 0.1) is 0 Å². The van der Waals surface area contributed by atoms with Gasteiger partial charge in [0.25, 0.3) is 0 Å². The van der Waals surface area contributed by atoms with Gasteiger partial charge in [0.1, 0.15) is 6.04 Å². The number of aliphatic carboxylic acids is 1. The number of fused-ring (bicyclic) bond motifs is 1. The van der Waals surface area contributed by atoms with Crippen LogP contribution in [0.5, 0.6) is 0 Å². The molecule has 0 fully saturated rings. The molecule has 1 unspecified atom stereocenters. The molecule has 2 N–H and O–H groups in total. The fourth-order valence-corrected chi connectivity index (χ4v) is 2.66. The lowest BCUT2D eigenvalue weighted by Crippen LogP contribution is -2.41. The highest BCUT2D eigenvalue weighted by atomic mass is 16.4. The number of carboxylic acids is 1. The Kier molecular flexibility index (Phi) is 4.24. The third kappa shape index (κ3) is 3.10. The van der Waals surface area contributed by atoms with Crippen LogP contribution in [0.25, 0.3) is 0 Å². The first-order valence-corrected chi connectivity index (χ1v) is 7.49. The van der Waals surface area contributed by atoms with E-state index in [4.69, 9.17) is 0 Å². The van der Waals surface area contributed by atoms with Gasteiger partial charge in [0.05, 0.1) is 5.70 Å². The molecule has 0 radical (unpaired) electrons. The highest BCUT2D eigenvalue weighted by Crippen LogP contribution is 2.20. The van der Waals surface area contributed by atoms with Crippen molar-refractivity contribution >= 4 is 17.5 Å². The number of ketones is 2. The van der Waals surface area contributed by atoms with Crippen LogP contribution in [-0.4, -0.2) is 28.7 Å². The molecule has 3 rings (SSSR count). The first-order valence-electron chi connectivity index (χ1n) is 7.49. The number of allylic oxidation sites excluding steroid dienone is 2. The van der Waals surface area contributed by atoms with Crippen molar-refractivity contribution in [2.24, 2.45) is 0 Å². The lowest BCUT2D eigenvalue weighted by Gasteiger charge is -2.21. The second kappa shape index (κ2) is 6.50. The second-order valence-electron chi connectivity index (χ2n) is 5.52. The van der Waals surface area contributed by atoms with Gasteiger partial charge in [-0.3, -0.25) is 9.59 Å². The molecule has 2 aromatic carbocycles. The van der Waals surface area contributed by atoms with Crippen LogP contribution in [0.1, 0.15) is 26.3 Å². The third-order valence-corrected chi connectivity index (χ3v) is 3.87. The van der Waals surface area contributed by atoms with Crippen molar-refractivity contribution in [3.05, 3.63) is 83.1 Å². The van der Waals surface area contributed by atoms with E-state index in [1.54, 1.807) is 24.3 Å². The SMILES string of the molecule is O=C1C=C(NC(Cc2ccccc2)C(=O)O)C(=O)c2ccccc21. The van der Waals surface area contributed by atoms with Crippen molar-refractivity contribution in [2.75, 3.05) is 0 Å². The minimum Gasteiger partial charge on any atom is -0.480 e. The number of rotatable bonds is 5. The fourth-order valence-electron chi connectivity index (χ4n) is 2.66. The van der Waals surface area contributed by atoms with Gasteiger partial charge in [-0.25, -0.2) is 4.79 Å². The average molecular weight is 321 g/mol. The summed E-state index contributed by atoms with van der Waals surface area (Å²) in [5.74, 6) is -1.76. The molecule has 0 aromatic heterocycles. The molecule has 5 nitrogen and oxygen atoms in total. The molecule has 0 aliphatic heterocycles. The minimum absolute atomic E-state index is 0.0158. The van der Waals surface area contributed by atoms with Crippen molar-refractivity contribution in [3.63, 3.8) is 0 Å². The van der Waals surface area contributed by atoms with E-state index >= 15 is 0 Å². The summed E-state index contributed by atoms with van der Waals surface area (Å²) >= 11 is 0. The van der Waals surface area contributed by atoms with Gasteiger partial charge in [-0.15, -0.1) is 0 Å². The standard InChI is InChI=1S/C19H15NO4/c21-17-11-15(18(22)14-9-5-4-8-13(14)17)20-16(19(23)24)10-12-6-2-1-3-7-12/h1-9,11,16,20H,10H2,(H,23,24). The molecule has 0 heterocycles. The summed E-state index contributed by atoms with van der Waals surface area (Å²) in [6, 6.07) is 14.6. The maximum Gasteiger partial charge on any atom is 0.326 e. The van der Waals surface area contributed by atoms with E-state index in [9.17, 15) is 19.5 Å². The van der Waals surface area contributed by atoms with Crippen molar-refractivity contribution in [1.29, 1.82) is 0 Å². The van der Waals surface area contributed by atoms with Crippen molar-refractivity contribution in [2.45, 2.75) is 12.5 Å². The number of carbonyl (C=O) groups is 3. The van der Waals surface area contributed by atoms with Gasteiger partial charge >= 0.3 is 5.97 Å². The van der Waals surface area contributed by atoms with Gasteiger partial charge in [-0.2, -0.15) is 0 Å². The van der Waals surface area contributed by atoms with E-state index in [-0.39, 0.29) is 29.2 Å². The van der Waals surface area contributed by atoms with E-state index in [1.165, 1.54) is 6.08 Å². The van der Waals surface area contributed by atoms with Crippen LogP contribution < -0.4 is 5.32 Å². The van der Waals surface area contributed by atoms with Gasteiger partial charge in [-0.1, -0.05) is 54.6 Å². The van der Waals surface area contributed by atoms with E-state index in [1.807, 2.05) is 30.3 Å². The van der Waals surface area contributed by atoms with Crippen LogP contribution >= 0.6 is 0 Å². The van der Waals surface area contributed by atoms with Gasteiger partial charge in [0, 0.05) is 23.6 Å². The van der Waals surface area contributed by atoms with Crippen LogP contribution in [0.15, 0.2) is 66.4 Å². The number of benzene rings is 2. The van der Waals surface area contributed by atoms with Crippen molar-refractivity contribution in [1.82, 2.24) is 5.32 Å². The molecule has 24 heavy (non-hydrogen) atoms.